The molecular formula is C9H17NO3. The molecule has 13 heavy (non-hydrogen) atoms. The molecule has 0 aromatic rings. The highest BCUT2D eigenvalue weighted by Crippen LogP contribution is 2.08. The van der Waals surface area contributed by atoms with Crippen molar-refractivity contribution < 1.29 is 14.6 Å². The molecule has 4 heteroatoms. The Morgan fingerprint density at radius 3 is 3.08 bits per heavy atom. The molecule has 0 aromatic heterocycles. The first-order chi connectivity index (χ1) is 6.29. The summed E-state index contributed by atoms with van der Waals surface area (Å²) in [5, 5.41) is 11.7. The number of rotatable bonds is 3. The normalized spacial score (nSPS) is 24.8. The predicted molar refractivity (Wildman–Crippen MR) is 48.7 cm³/mol. The van der Waals surface area contributed by atoms with Crippen molar-refractivity contribution in [1.82, 2.24) is 5.32 Å². The molecule has 0 aliphatic carbocycles. The number of hydrogen-bond donors (Lipinski definition) is 2. The molecule has 0 aromatic carbocycles. The Morgan fingerprint density at radius 2 is 2.31 bits per heavy atom. The summed E-state index contributed by atoms with van der Waals surface area (Å²) >= 11 is 0. The standard InChI is InChI=1S/C9H17NO3/c11-9(12)7-13-8-4-2-1-3-5-10-6-8/h8,10H,1-7H2,(H,11,12). The van der Waals surface area contributed by atoms with E-state index in [4.69, 9.17) is 9.84 Å². The number of carboxylic acid groups (broad SMARTS) is 1. The minimum atomic E-state index is -0.887. The second kappa shape index (κ2) is 5.94. The molecule has 1 heterocycles. The molecule has 4 nitrogen and oxygen atoms in total. The van der Waals surface area contributed by atoms with Crippen molar-refractivity contribution in [1.29, 1.82) is 0 Å². The van der Waals surface area contributed by atoms with E-state index < -0.39 is 5.97 Å². The van der Waals surface area contributed by atoms with Gasteiger partial charge < -0.3 is 15.2 Å². The van der Waals surface area contributed by atoms with E-state index in [0.29, 0.717) is 0 Å². The number of hydrogen-bond acceptors (Lipinski definition) is 3. The lowest BCUT2D eigenvalue weighted by Gasteiger charge is -2.20. The van der Waals surface area contributed by atoms with Gasteiger partial charge in [0.05, 0.1) is 6.10 Å². The van der Waals surface area contributed by atoms with Crippen LogP contribution in [0.4, 0.5) is 0 Å². The highest BCUT2D eigenvalue weighted by atomic mass is 16.5. The highest BCUT2D eigenvalue weighted by molar-refractivity contribution is 5.68. The first-order valence-electron chi connectivity index (χ1n) is 4.83. The molecule has 1 fully saturated rings. The largest absolute Gasteiger partial charge is 0.480 e. The van der Waals surface area contributed by atoms with Crippen LogP contribution >= 0.6 is 0 Å². The minimum Gasteiger partial charge on any atom is -0.480 e. The van der Waals surface area contributed by atoms with Gasteiger partial charge in [0.1, 0.15) is 6.61 Å². The van der Waals surface area contributed by atoms with Crippen LogP contribution in [0, 0.1) is 0 Å². The van der Waals surface area contributed by atoms with Gasteiger partial charge in [-0.15, -0.1) is 0 Å². The fourth-order valence-electron chi connectivity index (χ4n) is 1.50. The summed E-state index contributed by atoms with van der Waals surface area (Å²) in [4.78, 5) is 10.3. The van der Waals surface area contributed by atoms with E-state index in [9.17, 15) is 4.79 Å². The van der Waals surface area contributed by atoms with Gasteiger partial charge in [-0.3, -0.25) is 0 Å². The van der Waals surface area contributed by atoms with Crippen LogP contribution in [-0.4, -0.2) is 36.9 Å². The maximum absolute atomic E-state index is 10.3. The van der Waals surface area contributed by atoms with E-state index in [1.54, 1.807) is 0 Å². The Morgan fingerprint density at radius 1 is 1.46 bits per heavy atom. The van der Waals surface area contributed by atoms with Gasteiger partial charge in [-0.1, -0.05) is 12.8 Å². The average molecular weight is 187 g/mol. The van der Waals surface area contributed by atoms with Crippen molar-refractivity contribution >= 4 is 5.97 Å². The second-order valence-corrected chi connectivity index (χ2v) is 3.38. The maximum atomic E-state index is 10.3. The van der Waals surface area contributed by atoms with E-state index in [2.05, 4.69) is 5.32 Å². The predicted octanol–water partition coefficient (Wildman–Crippen LogP) is 0.620. The van der Waals surface area contributed by atoms with Gasteiger partial charge in [0.25, 0.3) is 0 Å². The second-order valence-electron chi connectivity index (χ2n) is 3.38. The summed E-state index contributed by atoms with van der Waals surface area (Å²) in [6.07, 6.45) is 4.62. The van der Waals surface area contributed by atoms with Crippen LogP contribution in [0.3, 0.4) is 0 Å². The Bertz CT molecular complexity index is 153. The zero-order valence-electron chi connectivity index (χ0n) is 7.79. The molecule has 1 unspecified atom stereocenters. The summed E-state index contributed by atoms with van der Waals surface area (Å²) in [6, 6.07) is 0. The number of carbonyl (C=O) groups is 1. The van der Waals surface area contributed by atoms with E-state index in [1.807, 2.05) is 0 Å². The van der Waals surface area contributed by atoms with Crippen LogP contribution in [0.15, 0.2) is 0 Å². The van der Waals surface area contributed by atoms with E-state index in [0.717, 1.165) is 25.9 Å². The minimum absolute atomic E-state index is 0.0800. The smallest absolute Gasteiger partial charge is 0.329 e. The quantitative estimate of drug-likeness (QED) is 0.680. The summed E-state index contributed by atoms with van der Waals surface area (Å²) in [5.74, 6) is -0.887. The molecule has 1 rings (SSSR count). The third kappa shape index (κ3) is 4.85. The molecule has 2 N–H and O–H groups in total. The summed E-state index contributed by atoms with van der Waals surface area (Å²) in [6.45, 7) is 1.63. The van der Waals surface area contributed by atoms with Gasteiger partial charge in [-0.05, 0) is 19.4 Å². The maximum Gasteiger partial charge on any atom is 0.329 e. The van der Waals surface area contributed by atoms with Crippen LogP contribution in [0.1, 0.15) is 25.7 Å². The molecule has 1 aliphatic rings. The molecule has 0 bridgehead atoms. The molecule has 76 valence electrons. The van der Waals surface area contributed by atoms with E-state index in [1.165, 1.54) is 12.8 Å². The number of ether oxygens (including phenoxy) is 1. The van der Waals surface area contributed by atoms with Crippen molar-refractivity contribution in [3.8, 4) is 0 Å². The van der Waals surface area contributed by atoms with E-state index in [-0.39, 0.29) is 12.7 Å². The van der Waals surface area contributed by atoms with Gasteiger partial charge in [0.15, 0.2) is 0 Å². The number of aliphatic carboxylic acids is 1. The van der Waals surface area contributed by atoms with Crippen LogP contribution in [0.25, 0.3) is 0 Å². The van der Waals surface area contributed by atoms with Crippen LogP contribution in [0.2, 0.25) is 0 Å². The molecule has 1 saturated heterocycles. The summed E-state index contributed by atoms with van der Waals surface area (Å²) in [7, 11) is 0. The van der Waals surface area contributed by atoms with Crippen LogP contribution < -0.4 is 5.32 Å². The van der Waals surface area contributed by atoms with Gasteiger partial charge in [0, 0.05) is 6.54 Å². The zero-order chi connectivity index (χ0) is 9.52. The molecule has 0 spiro atoms. The first kappa shape index (κ1) is 10.5. The third-order valence-electron chi connectivity index (χ3n) is 2.19. The van der Waals surface area contributed by atoms with Gasteiger partial charge in [0.2, 0.25) is 0 Å². The first-order valence-corrected chi connectivity index (χ1v) is 4.83. The van der Waals surface area contributed by atoms with Crippen molar-refractivity contribution in [3.63, 3.8) is 0 Å². The third-order valence-corrected chi connectivity index (χ3v) is 2.19. The molecule has 0 saturated carbocycles. The van der Waals surface area contributed by atoms with Crippen LogP contribution in [0.5, 0.6) is 0 Å². The fraction of sp³-hybridized carbons (Fsp3) is 0.889. The highest BCUT2D eigenvalue weighted by Gasteiger charge is 2.12. The Kier molecular flexibility index (Phi) is 4.78. The van der Waals surface area contributed by atoms with Crippen molar-refractivity contribution in [2.45, 2.75) is 31.8 Å². The summed E-state index contributed by atoms with van der Waals surface area (Å²) < 4.78 is 5.22. The lowest BCUT2D eigenvalue weighted by molar-refractivity contribution is -0.144. The SMILES string of the molecule is O=C(O)COC1CCCCCNC1. The molecule has 1 aliphatic heterocycles. The fourth-order valence-corrected chi connectivity index (χ4v) is 1.50. The number of nitrogens with one attached hydrogen (secondary N) is 1. The topological polar surface area (TPSA) is 58.6 Å². The monoisotopic (exact) mass is 187 g/mol. The van der Waals surface area contributed by atoms with Gasteiger partial charge in [-0.2, -0.15) is 0 Å². The lowest BCUT2D eigenvalue weighted by atomic mass is 10.1. The molecule has 0 radical (unpaired) electrons. The molecule has 1 atom stereocenters. The van der Waals surface area contributed by atoms with Crippen molar-refractivity contribution in [2.24, 2.45) is 0 Å². The van der Waals surface area contributed by atoms with E-state index >= 15 is 0 Å². The van der Waals surface area contributed by atoms with Crippen molar-refractivity contribution in [3.05, 3.63) is 0 Å². The Hall–Kier alpha value is -0.610. The molecule has 0 amide bonds. The average Bonchev–Trinajstić information content (AvgIpc) is 2.01. The van der Waals surface area contributed by atoms with Crippen molar-refractivity contribution in [2.75, 3.05) is 19.7 Å². The zero-order valence-corrected chi connectivity index (χ0v) is 7.79. The van der Waals surface area contributed by atoms with Gasteiger partial charge >= 0.3 is 5.97 Å². The lowest BCUT2D eigenvalue weighted by Crippen LogP contribution is -2.32. The molecular weight excluding hydrogens is 170 g/mol. The summed E-state index contributed by atoms with van der Waals surface area (Å²) in [5.41, 5.74) is 0. The van der Waals surface area contributed by atoms with Crippen LogP contribution in [-0.2, 0) is 9.53 Å². The Balaban J connectivity index is 2.17. The Labute approximate surface area is 78.3 Å². The number of carboxylic acids is 1. The van der Waals surface area contributed by atoms with Gasteiger partial charge in [-0.25, -0.2) is 4.79 Å².